The van der Waals surface area contributed by atoms with Crippen molar-refractivity contribution in [2.24, 2.45) is 4.99 Å². The highest BCUT2D eigenvalue weighted by Crippen LogP contribution is 2.24. The van der Waals surface area contributed by atoms with Gasteiger partial charge in [0.15, 0.2) is 0 Å². The molecule has 0 fully saturated rings. The minimum atomic E-state index is -0.709. The van der Waals surface area contributed by atoms with Crippen molar-refractivity contribution >= 4 is 27.9 Å². The maximum atomic E-state index is 12.6. The lowest BCUT2D eigenvalue weighted by Gasteiger charge is -2.12. The maximum absolute atomic E-state index is 12.6. The molecule has 0 unspecified atom stereocenters. The number of aromatic nitrogens is 3. The van der Waals surface area contributed by atoms with Gasteiger partial charge in [0.05, 0.1) is 5.69 Å². The standard InChI is InChI=1S/C25H20N4O3/c30-23-20(15-26-13-12-17-14-27-21-10-4-3-8-18(17)21)24(31)29(25(32)28-23)22-11-5-7-16-6-1-2-9-19(16)22/h1-11,14-15,27,31H,12-13H2,(H,28,30,32). The molecule has 0 spiro atoms. The SMILES string of the molecule is O=c1[nH]c(=O)n(-c2cccc3ccccc23)c(O)c1C=NCCc1c[nH]c2ccccc12. The molecule has 0 radical (unpaired) electrons. The van der Waals surface area contributed by atoms with Crippen LogP contribution < -0.4 is 11.2 Å². The first kappa shape index (κ1) is 19.6. The van der Waals surface area contributed by atoms with E-state index in [2.05, 4.69) is 15.0 Å². The zero-order valence-corrected chi connectivity index (χ0v) is 17.1. The van der Waals surface area contributed by atoms with Crippen LogP contribution in [0.1, 0.15) is 11.1 Å². The molecule has 32 heavy (non-hydrogen) atoms. The summed E-state index contributed by atoms with van der Waals surface area (Å²) in [7, 11) is 0. The molecule has 0 aliphatic carbocycles. The summed E-state index contributed by atoms with van der Waals surface area (Å²) in [6.07, 6.45) is 3.94. The molecule has 0 amide bonds. The summed E-state index contributed by atoms with van der Waals surface area (Å²) in [5, 5.41) is 13.7. The van der Waals surface area contributed by atoms with E-state index in [-0.39, 0.29) is 5.56 Å². The van der Waals surface area contributed by atoms with E-state index in [1.54, 1.807) is 12.1 Å². The molecule has 7 nitrogen and oxygen atoms in total. The van der Waals surface area contributed by atoms with E-state index < -0.39 is 17.1 Å². The molecular weight excluding hydrogens is 404 g/mol. The lowest BCUT2D eigenvalue weighted by Crippen LogP contribution is -2.31. The van der Waals surface area contributed by atoms with Crippen molar-refractivity contribution in [1.29, 1.82) is 0 Å². The second-order valence-corrected chi connectivity index (χ2v) is 7.48. The van der Waals surface area contributed by atoms with Gasteiger partial charge in [-0.3, -0.25) is 14.8 Å². The third-order valence-corrected chi connectivity index (χ3v) is 5.53. The molecule has 3 aromatic carbocycles. The summed E-state index contributed by atoms with van der Waals surface area (Å²) in [6, 6.07) is 21.0. The predicted molar refractivity (Wildman–Crippen MR) is 126 cm³/mol. The first-order chi connectivity index (χ1) is 15.6. The van der Waals surface area contributed by atoms with Crippen molar-refractivity contribution in [2.75, 3.05) is 6.54 Å². The molecule has 5 rings (SSSR count). The Morgan fingerprint density at radius 2 is 1.69 bits per heavy atom. The number of H-pyrrole nitrogens is 2. The summed E-state index contributed by atoms with van der Waals surface area (Å²) >= 11 is 0. The van der Waals surface area contributed by atoms with Crippen LogP contribution in [-0.4, -0.2) is 32.4 Å². The molecule has 158 valence electrons. The number of nitrogens with zero attached hydrogens (tertiary/aromatic N) is 2. The smallest absolute Gasteiger partial charge is 0.335 e. The number of fused-ring (bicyclic) bond motifs is 2. The van der Waals surface area contributed by atoms with E-state index in [0.29, 0.717) is 18.7 Å². The highest BCUT2D eigenvalue weighted by molar-refractivity contribution is 5.91. The Morgan fingerprint density at radius 1 is 0.938 bits per heavy atom. The lowest BCUT2D eigenvalue weighted by atomic mass is 10.1. The number of hydrogen-bond acceptors (Lipinski definition) is 4. The summed E-state index contributed by atoms with van der Waals surface area (Å²) < 4.78 is 1.10. The van der Waals surface area contributed by atoms with Crippen LogP contribution >= 0.6 is 0 Å². The Kier molecular flexibility index (Phi) is 4.91. The summed E-state index contributed by atoms with van der Waals surface area (Å²) in [5.74, 6) is -0.439. The average Bonchev–Trinajstić information content (AvgIpc) is 3.21. The van der Waals surface area contributed by atoms with Gasteiger partial charge in [-0.2, -0.15) is 0 Å². The van der Waals surface area contributed by atoms with E-state index in [1.165, 1.54) is 6.21 Å². The third-order valence-electron chi connectivity index (χ3n) is 5.53. The highest BCUT2D eigenvalue weighted by Gasteiger charge is 2.15. The van der Waals surface area contributed by atoms with Gasteiger partial charge in [0, 0.05) is 35.2 Å². The van der Waals surface area contributed by atoms with Gasteiger partial charge in [-0.15, -0.1) is 0 Å². The second kappa shape index (κ2) is 8.03. The number of para-hydroxylation sites is 1. The Labute approximate surface area is 182 Å². The van der Waals surface area contributed by atoms with Crippen LogP contribution in [0.3, 0.4) is 0 Å². The predicted octanol–water partition coefficient (Wildman–Crippen LogP) is 3.53. The average molecular weight is 424 g/mol. The normalized spacial score (nSPS) is 11.6. The largest absolute Gasteiger partial charge is 0.493 e. The number of rotatable bonds is 5. The molecule has 2 aromatic heterocycles. The van der Waals surface area contributed by atoms with E-state index in [0.717, 1.165) is 31.8 Å². The Morgan fingerprint density at radius 3 is 2.56 bits per heavy atom. The van der Waals surface area contributed by atoms with Gasteiger partial charge in [-0.05, 0) is 29.5 Å². The topological polar surface area (TPSA) is 103 Å². The maximum Gasteiger partial charge on any atom is 0.335 e. The molecule has 0 aliphatic heterocycles. The Hall–Kier alpha value is -4.39. The molecule has 7 heteroatoms. The fourth-order valence-electron chi connectivity index (χ4n) is 3.96. The first-order valence-electron chi connectivity index (χ1n) is 10.2. The highest BCUT2D eigenvalue weighted by atomic mass is 16.3. The molecule has 3 N–H and O–H groups in total. The number of aliphatic imine (C=N–C) groups is 1. The second-order valence-electron chi connectivity index (χ2n) is 7.48. The van der Waals surface area contributed by atoms with Crippen LogP contribution in [0.4, 0.5) is 0 Å². The van der Waals surface area contributed by atoms with Crippen molar-refractivity contribution < 1.29 is 5.11 Å². The van der Waals surface area contributed by atoms with E-state index in [4.69, 9.17) is 0 Å². The molecular formula is C25H20N4O3. The van der Waals surface area contributed by atoms with Crippen LogP contribution in [0.25, 0.3) is 27.4 Å². The summed E-state index contributed by atoms with van der Waals surface area (Å²) in [6.45, 7) is 0.425. The van der Waals surface area contributed by atoms with Crippen LogP contribution in [0.5, 0.6) is 5.88 Å². The third kappa shape index (κ3) is 3.39. The molecule has 2 heterocycles. The number of aromatic hydroxyl groups is 1. The quantitative estimate of drug-likeness (QED) is 0.376. The van der Waals surface area contributed by atoms with Crippen molar-refractivity contribution in [2.45, 2.75) is 6.42 Å². The first-order valence-corrected chi connectivity index (χ1v) is 10.2. The van der Waals surface area contributed by atoms with E-state index >= 15 is 0 Å². The van der Waals surface area contributed by atoms with Crippen molar-refractivity contribution in [3.63, 3.8) is 0 Å². The fraction of sp³-hybridized carbons (Fsp3) is 0.0800. The zero-order valence-electron chi connectivity index (χ0n) is 17.1. The minimum Gasteiger partial charge on any atom is -0.493 e. The molecule has 0 saturated carbocycles. The summed E-state index contributed by atoms with van der Waals surface area (Å²) in [5.41, 5.74) is 1.21. The van der Waals surface area contributed by atoms with Gasteiger partial charge in [0.25, 0.3) is 5.56 Å². The van der Waals surface area contributed by atoms with Crippen molar-refractivity contribution in [3.8, 4) is 11.6 Å². The minimum absolute atomic E-state index is 0.0588. The van der Waals surface area contributed by atoms with Gasteiger partial charge in [-0.25, -0.2) is 9.36 Å². The Bertz CT molecular complexity index is 1590. The van der Waals surface area contributed by atoms with Gasteiger partial charge in [0.1, 0.15) is 5.56 Å². The number of aromatic amines is 2. The van der Waals surface area contributed by atoms with Crippen LogP contribution in [0, 0.1) is 0 Å². The molecule has 0 bridgehead atoms. The number of nitrogens with one attached hydrogen (secondary N) is 2. The number of hydrogen-bond donors (Lipinski definition) is 3. The lowest BCUT2D eigenvalue weighted by molar-refractivity contribution is 0.430. The number of benzene rings is 3. The molecule has 0 aliphatic rings. The Balaban J connectivity index is 1.48. The van der Waals surface area contributed by atoms with Gasteiger partial charge < -0.3 is 10.1 Å². The van der Waals surface area contributed by atoms with E-state index in [9.17, 15) is 14.7 Å². The summed E-state index contributed by atoms with van der Waals surface area (Å²) in [4.78, 5) is 34.8. The van der Waals surface area contributed by atoms with Gasteiger partial charge in [0.2, 0.25) is 5.88 Å². The van der Waals surface area contributed by atoms with Crippen LogP contribution in [-0.2, 0) is 6.42 Å². The molecule has 0 atom stereocenters. The molecule has 0 saturated heterocycles. The van der Waals surface area contributed by atoms with E-state index in [1.807, 2.05) is 60.8 Å². The fourth-order valence-corrected chi connectivity index (χ4v) is 3.96. The monoisotopic (exact) mass is 424 g/mol. The van der Waals surface area contributed by atoms with Crippen molar-refractivity contribution in [1.82, 2.24) is 14.5 Å². The molecule has 5 aromatic rings. The van der Waals surface area contributed by atoms with Crippen LogP contribution in [0.2, 0.25) is 0 Å². The zero-order chi connectivity index (χ0) is 22.1. The van der Waals surface area contributed by atoms with Gasteiger partial charge >= 0.3 is 5.69 Å². The van der Waals surface area contributed by atoms with Gasteiger partial charge in [-0.1, -0.05) is 54.6 Å². The van der Waals surface area contributed by atoms with Crippen LogP contribution in [0.15, 0.2) is 87.5 Å². The van der Waals surface area contributed by atoms with Crippen molar-refractivity contribution in [3.05, 3.63) is 105 Å².